The van der Waals surface area contributed by atoms with E-state index in [0.717, 1.165) is 30.8 Å². The summed E-state index contributed by atoms with van der Waals surface area (Å²) in [5.74, 6) is 6.10. The minimum atomic E-state index is 0.201. The van der Waals surface area contributed by atoms with Crippen molar-refractivity contribution in [3.05, 3.63) is 48.3 Å². The van der Waals surface area contributed by atoms with Crippen molar-refractivity contribution in [2.75, 3.05) is 6.54 Å². The van der Waals surface area contributed by atoms with Crippen LogP contribution in [0.5, 0.6) is 0 Å². The largest absolute Gasteiger partial charge is 0.308 e. The average Bonchev–Trinajstić information content (AvgIpc) is 2.98. The second kappa shape index (κ2) is 7.52. The Bertz CT molecular complexity index is 575. The molecule has 1 unspecified atom stereocenters. The lowest BCUT2D eigenvalue weighted by Gasteiger charge is -2.13. The summed E-state index contributed by atoms with van der Waals surface area (Å²) in [6, 6.07) is 12.4. The first-order valence-corrected chi connectivity index (χ1v) is 7.09. The molecule has 0 aliphatic carbocycles. The van der Waals surface area contributed by atoms with Crippen LogP contribution in [-0.4, -0.2) is 16.3 Å². The molecule has 0 fully saturated rings. The normalized spacial score (nSPS) is 11.7. The number of benzene rings is 1. The topological polar surface area (TPSA) is 29.9 Å². The lowest BCUT2D eigenvalue weighted by atomic mass is 10.1. The number of nitrogens with one attached hydrogen (secondary N) is 1. The molecule has 0 saturated heterocycles. The molecule has 2 rings (SSSR count). The molecule has 1 N–H and O–H groups in total. The van der Waals surface area contributed by atoms with Crippen LogP contribution in [0.25, 0.3) is 5.69 Å². The lowest BCUT2D eigenvalue weighted by Crippen LogP contribution is -2.22. The number of hydrogen-bond donors (Lipinski definition) is 1. The van der Waals surface area contributed by atoms with E-state index in [1.807, 2.05) is 36.0 Å². The van der Waals surface area contributed by atoms with Crippen molar-refractivity contribution in [2.24, 2.45) is 0 Å². The van der Waals surface area contributed by atoms with Gasteiger partial charge in [0.2, 0.25) is 0 Å². The van der Waals surface area contributed by atoms with Crippen LogP contribution in [0.15, 0.2) is 42.6 Å². The summed E-state index contributed by atoms with van der Waals surface area (Å²) in [5.41, 5.74) is 2.12. The van der Waals surface area contributed by atoms with Gasteiger partial charge in [0.1, 0.15) is 0 Å². The van der Waals surface area contributed by atoms with Crippen molar-refractivity contribution in [3.63, 3.8) is 0 Å². The third-order valence-electron chi connectivity index (χ3n) is 3.11. The highest BCUT2D eigenvalue weighted by Crippen LogP contribution is 2.16. The standard InChI is InChI=1S/C17H21N3/c1-3-5-11-16(18-13-4-2)17-12-14-20(19-17)15-9-7-6-8-10-15/h6-10,12,14,16,18H,4,11,13H2,1-2H3. The molecule has 0 aliphatic rings. The van der Waals surface area contributed by atoms with Crippen molar-refractivity contribution >= 4 is 0 Å². The Morgan fingerprint density at radius 3 is 2.75 bits per heavy atom. The Morgan fingerprint density at radius 2 is 2.05 bits per heavy atom. The van der Waals surface area contributed by atoms with Gasteiger partial charge in [0.15, 0.2) is 0 Å². The van der Waals surface area contributed by atoms with Crippen molar-refractivity contribution in [1.82, 2.24) is 15.1 Å². The zero-order chi connectivity index (χ0) is 14.2. The van der Waals surface area contributed by atoms with Gasteiger partial charge in [-0.2, -0.15) is 5.10 Å². The lowest BCUT2D eigenvalue weighted by molar-refractivity contribution is 0.526. The monoisotopic (exact) mass is 267 g/mol. The minimum absolute atomic E-state index is 0.201. The first-order chi connectivity index (χ1) is 9.85. The number of hydrogen-bond acceptors (Lipinski definition) is 2. The summed E-state index contributed by atoms with van der Waals surface area (Å²) in [4.78, 5) is 0. The van der Waals surface area contributed by atoms with Crippen molar-refractivity contribution in [1.29, 1.82) is 0 Å². The molecule has 20 heavy (non-hydrogen) atoms. The Labute approximate surface area is 121 Å². The van der Waals surface area contributed by atoms with Crippen LogP contribution in [0, 0.1) is 11.8 Å². The quantitative estimate of drug-likeness (QED) is 0.814. The van der Waals surface area contributed by atoms with E-state index in [1.54, 1.807) is 0 Å². The molecule has 0 amide bonds. The van der Waals surface area contributed by atoms with E-state index in [2.05, 4.69) is 47.4 Å². The second-order valence-corrected chi connectivity index (χ2v) is 4.66. The van der Waals surface area contributed by atoms with Gasteiger partial charge in [-0.15, -0.1) is 11.8 Å². The molecule has 2 aromatic rings. The Balaban J connectivity index is 2.16. The zero-order valence-electron chi connectivity index (χ0n) is 12.1. The predicted molar refractivity (Wildman–Crippen MR) is 82.7 cm³/mol. The van der Waals surface area contributed by atoms with Gasteiger partial charge in [-0.1, -0.05) is 25.1 Å². The van der Waals surface area contributed by atoms with E-state index in [0.29, 0.717) is 0 Å². The van der Waals surface area contributed by atoms with Crippen molar-refractivity contribution in [2.45, 2.75) is 32.7 Å². The maximum Gasteiger partial charge on any atom is 0.0808 e. The SMILES string of the molecule is CC#CCC(NCCC)c1ccn(-c2ccccc2)n1. The van der Waals surface area contributed by atoms with Gasteiger partial charge in [0, 0.05) is 12.6 Å². The smallest absolute Gasteiger partial charge is 0.0808 e. The summed E-state index contributed by atoms with van der Waals surface area (Å²) < 4.78 is 1.91. The zero-order valence-corrected chi connectivity index (χ0v) is 12.1. The van der Waals surface area contributed by atoms with E-state index in [9.17, 15) is 0 Å². The number of nitrogens with zero attached hydrogens (tertiary/aromatic N) is 2. The molecule has 104 valence electrons. The molecule has 1 aromatic carbocycles. The van der Waals surface area contributed by atoms with Gasteiger partial charge >= 0.3 is 0 Å². The number of rotatable bonds is 6. The third-order valence-corrected chi connectivity index (χ3v) is 3.11. The molecule has 1 heterocycles. The third kappa shape index (κ3) is 3.72. The van der Waals surface area contributed by atoms with Gasteiger partial charge in [0.05, 0.1) is 17.4 Å². The highest BCUT2D eigenvalue weighted by atomic mass is 15.3. The molecule has 0 spiro atoms. The maximum absolute atomic E-state index is 4.67. The summed E-state index contributed by atoms with van der Waals surface area (Å²) in [5, 5.41) is 8.18. The molecular formula is C17H21N3. The summed E-state index contributed by atoms with van der Waals surface area (Å²) in [7, 11) is 0. The van der Waals surface area contributed by atoms with E-state index in [-0.39, 0.29) is 6.04 Å². The summed E-state index contributed by atoms with van der Waals surface area (Å²) >= 11 is 0. The van der Waals surface area contributed by atoms with E-state index < -0.39 is 0 Å². The molecule has 0 radical (unpaired) electrons. The minimum Gasteiger partial charge on any atom is -0.308 e. The molecule has 1 aromatic heterocycles. The first-order valence-electron chi connectivity index (χ1n) is 7.09. The van der Waals surface area contributed by atoms with Gasteiger partial charge in [0.25, 0.3) is 0 Å². The van der Waals surface area contributed by atoms with E-state index >= 15 is 0 Å². The number of aromatic nitrogens is 2. The van der Waals surface area contributed by atoms with Crippen LogP contribution in [0.1, 0.15) is 38.4 Å². The fourth-order valence-electron chi connectivity index (χ4n) is 2.05. The molecule has 1 atom stereocenters. The predicted octanol–water partition coefficient (Wildman–Crippen LogP) is 3.33. The second-order valence-electron chi connectivity index (χ2n) is 4.66. The van der Waals surface area contributed by atoms with Gasteiger partial charge < -0.3 is 5.32 Å². The fraction of sp³-hybridized carbons (Fsp3) is 0.353. The molecule has 0 aliphatic heterocycles. The highest BCUT2D eigenvalue weighted by molar-refractivity contribution is 5.30. The molecule has 0 saturated carbocycles. The van der Waals surface area contributed by atoms with Crippen LogP contribution >= 0.6 is 0 Å². The van der Waals surface area contributed by atoms with Crippen LogP contribution in [-0.2, 0) is 0 Å². The Kier molecular flexibility index (Phi) is 5.40. The van der Waals surface area contributed by atoms with Crippen LogP contribution in [0.3, 0.4) is 0 Å². The van der Waals surface area contributed by atoms with Crippen LogP contribution in [0.4, 0.5) is 0 Å². The van der Waals surface area contributed by atoms with E-state index in [4.69, 9.17) is 0 Å². The summed E-state index contributed by atoms with van der Waals surface area (Å²) in [6.45, 7) is 5.02. The highest BCUT2D eigenvalue weighted by Gasteiger charge is 2.12. The number of para-hydroxylation sites is 1. The van der Waals surface area contributed by atoms with Gasteiger partial charge in [-0.05, 0) is 38.1 Å². The Morgan fingerprint density at radius 1 is 1.25 bits per heavy atom. The fourth-order valence-corrected chi connectivity index (χ4v) is 2.05. The molecule has 3 heteroatoms. The van der Waals surface area contributed by atoms with Gasteiger partial charge in [-0.25, -0.2) is 4.68 Å². The molecule has 3 nitrogen and oxygen atoms in total. The van der Waals surface area contributed by atoms with Gasteiger partial charge in [-0.3, -0.25) is 0 Å². The van der Waals surface area contributed by atoms with Crippen LogP contribution in [0.2, 0.25) is 0 Å². The molecular weight excluding hydrogens is 246 g/mol. The summed E-state index contributed by atoms with van der Waals surface area (Å²) in [6.07, 6.45) is 3.91. The average molecular weight is 267 g/mol. The van der Waals surface area contributed by atoms with Crippen LogP contribution < -0.4 is 5.32 Å². The van der Waals surface area contributed by atoms with E-state index in [1.165, 1.54) is 0 Å². The van der Waals surface area contributed by atoms with Crippen molar-refractivity contribution < 1.29 is 0 Å². The Hall–Kier alpha value is -2.05. The maximum atomic E-state index is 4.67. The first kappa shape index (κ1) is 14.4. The van der Waals surface area contributed by atoms with Crippen molar-refractivity contribution in [3.8, 4) is 17.5 Å². The molecule has 0 bridgehead atoms.